The molecule has 2 aromatic rings. The lowest BCUT2D eigenvalue weighted by molar-refractivity contribution is 0.112. The molecule has 82 valence electrons. The third-order valence-corrected chi connectivity index (χ3v) is 2.81. The summed E-state index contributed by atoms with van der Waals surface area (Å²) in [6.07, 6.45) is 3.54. The number of aldehydes is 1. The largest absolute Gasteiger partial charge is 0.381 e. The molecule has 0 aliphatic carbocycles. The molecule has 0 amide bonds. The molecular weight excluding hydrogens is 206 g/mol. The molecule has 3 heterocycles. The van der Waals surface area contributed by atoms with Crippen LogP contribution >= 0.6 is 0 Å². The molecule has 1 aliphatic heterocycles. The Morgan fingerprint density at radius 2 is 2.50 bits per heavy atom. The number of nitrogens with zero attached hydrogens (tertiary/aromatic N) is 3. The molecule has 5 heteroatoms. The molecule has 0 spiro atoms. The Morgan fingerprint density at radius 1 is 1.56 bits per heavy atom. The molecule has 0 bridgehead atoms. The van der Waals surface area contributed by atoms with Crippen molar-refractivity contribution in [2.75, 3.05) is 13.2 Å². The zero-order valence-corrected chi connectivity index (χ0v) is 8.67. The lowest BCUT2D eigenvalue weighted by Gasteiger charge is -1.98. The van der Waals surface area contributed by atoms with E-state index in [0.717, 1.165) is 25.1 Å². The maximum atomic E-state index is 10.6. The van der Waals surface area contributed by atoms with Gasteiger partial charge in [0, 0.05) is 24.3 Å². The first-order chi connectivity index (χ1) is 7.86. The van der Waals surface area contributed by atoms with Gasteiger partial charge in [0.1, 0.15) is 6.29 Å². The molecular formula is C11H11N3O2. The molecule has 0 saturated carbocycles. The molecule has 0 N–H and O–H groups in total. The minimum Gasteiger partial charge on any atom is -0.381 e. The van der Waals surface area contributed by atoms with Crippen molar-refractivity contribution in [2.24, 2.45) is 0 Å². The number of carbonyl (C=O) groups is 1. The van der Waals surface area contributed by atoms with Crippen molar-refractivity contribution < 1.29 is 9.53 Å². The van der Waals surface area contributed by atoms with E-state index in [1.54, 1.807) is 22.8 Å². The maximum Gasteiger partial charge on any atom is 0.157 e. The second-order valence-corrected chi connectivity index (χ2v) is 3.91. The van der Waals surface area contributed by atoms with Crippen LogP contribution in [0.1, 0.15) is 28.5 Å². The summed E-state index contributed by atoms with van der Waals surface area (Å²) in [5, 5.41) is 4.38. The quantitative estimate of drug-likeness (QED) is 0.705. The van der Waals surface area contributed by atoms with Gasteiger partial charge in [0.2, 0.25) is 0 Å². The zero-order valence-electron chi connectivity index (χ0n) is 8.67. The third-order valence-electron chi connectivity index (χ3n) is 2.81. The van der Waals surface area contributed by atoms with Crippen LogP contribution in [0.25, 0.3) is 5.65 Å². The smallest absolute Gasteiger partial charge is 0.157 e. The average molecular weight is 217 g/mol. The monoisotopic (exact) mass is 217 g/mol. The van der Waals surface area contributed by atoms with Crippen molar-refractivity contribution in [3.05, 3.63) is 29.7 Å². The number of carbonyl (C=O) groups excluding carboxylic acids is 1. The van der Waals surface area contributed by atoms with Gasteiger partial charge in [0.05, 0.1) is 6.61 Å². The van der Waals surface area contributed by atoms with Gasteiger partial charge in [-0.15, -0.1) is 0 Å². The maximum absolute atomic E-state index is 10.6. The van der Waals surface area contributed by atoms with Crippen LogP contribution in [0, 0.1) is 0 Å². The molecule has 5 nitrogen and oxygen atoms in total. The lowest BCUT2D eigenvalue weighted by Crippen LogP contribution is -2.00. The lowest BCUT2D eigenvalue weighted by atomic mass is 10.1. The Kier molecular flexibility index (Phi) is 2.18. The fourth-order valence-corrected chi connectivity index (χ4v) is 1.90. The third kappa shape index (κ3) is 1.49. The first-order valence-corrected chi connectivity index (χ1v) is 5.26. The van der Waals surface area contributed by atoms with Gasteiger partial charge in [-0.1, -0.05) is 0 Å². The number of aromatic nitrogens is 3. The van der Waals surface area contributed by atoms with Crippen molar-refractivity contribution >= 4 is 11.9 Å². The second kappa shape index (κ2) is 3.68. The van der Waals surface area contributed by atoms with Crippen LogP contribution in [0.5, 0.6) is 0 Å². The Bertz CT molecular complexity index is 529. The van der Waals surface area contributed by atoms with Gasteiger partial charge in [-0.3, -0.25) is 4.79 Å². The van der Waals surface area contributed by atoms with Crippen LogP contribution in [0.2, 0.25) is 0 Å². The highest BCUT2D eigenvalue weighted by Crippen LogP contribution is 2.22. The average Bonchev–Trinajstić information content (AvgIpc) is 2.96. The molecule has 0 aromatic carbocycles. The van der Waals surface area contributed by atoms with Gasteiger partial charge in [-0.25, -0.2) is 9.50 Å². The number of ether oxygens (including phenoxy) is 1. The van der Waals surface area contributed by atoms with E-state index in [4.69, 9.17) is 4.74 Å². The van der Waals surface area contributed by atoms with E-state index >= 15 is 0 Å². The van der Waals surface area contributed by atoms with Crippen molar-refractivity contribution in [3.8, 4) is 0 Å². The molecule has 1 saturated heterocycles. The Hall–Kier alpha value is -1.75. The molecule has 1 fully saturated rings. The number of pyridine rings is 1. The van der Waals surface area contributed by atoms with E-state index in [1.165, 1.54) is 0 Å². The zero-order chi connectivity index (χ0) is 11.0. The Labute approximate surface area is 92.1 Å². The molecule has 1 unspecified atom stereocenters. The van der Waals surface area contributed by atoms with Crippen LogP contribution in [0.3, 0.4) is 0 Å². The number of hydrogen-bond acceptors (Lipinski definition) is 4. The van der Waals surface area contributed by atoms with Crippen molar-refractivity contribution in [1.82, 2.24) is 14.6 Å². The molecule has 16 heavy (non-hydrogen) atoms. The summed E-state index contributed by atoms with van der Waals surface area (Å²) in [5.74, 6) is 1.10. The van der Waals surface area contributed by atoms with Crippen LogP contribution < -0.4 is 0 Å². The van der Waals surface area contributed by atoms with Crippen molar-refractivity contribution in [3.63, 3.8) is 0 Å². The van der Waals surface area contributed by atoms with E-state index in [9.17, 15) is 4.79 Å². The number of rotatable bonds is 2. The van der Waals surface area contributed by atoms with Crippen LogP contribution in [-0.2, 0) is 4.74 Å². The molecule has 3 rings (SSSR count). The first-order valence-electron chi connectivity index (χ1n) is 5.26. The minimum absolute atomic E-state index is 0.291. The molecule has 0 radical (unpaired) electrons. The summed E-state index contributed by atoms with van der Waals surface area (Å²) >= 11 is 0. The fraction of sp³-hybridized carbons (Fsp3) is 0.364. The van der Waals surface area contributed by atoms with Crippen molar-refractivity contribution in [2.45, 2.75) is 12.3 Å². The van der Waals surface area contributed by atoms with Crippen LogP contribution in [-0.4, -0.2) is 34.1 Å². The summed E-state index contributed by atoms with van der Waals surface area (Å²) in [6.45, 7) is 1.47. The second-order valence-electron chi connectivity index (χ2n) is 3.91. The first kappa shape index (κ1) is 9.47. The van der Waals surface area contributed by atoms with Gasteiger partial charge in [0.25, 0.3) is 0 Å². The minimum atomic E-state index is 0.291. The fourth-order valence-electron chi connectivity index (χ4n) is 1.90. The predicted molar refractivity (Wildman–Crippen MR) is 56.6 cm³/mol. The Morgan fingerprint density at radius 3 is 3.25 bits per heavy atom. The number of hydrogen-bond donors (Lipinski definition) is 0. The summed E-state index contributed by atoms with van der Waals surface area (Å²) in [4.78, 5) is 15.1. The Balaban J connectivity index is 2.04. The van der Waals surface area contributed by atoms with Crippen LogP contribution in [0.15, 0.2) is 18.3 Å². The normalized spacial score (nSPS) is 20.4. The summed E-state index contributed by atoms with van der Waals surface area (Å²) in [6, 6.07) is 3.46. The van der Waals surface area contributed by atoms with E-state index < -0.39 is 0 Å². The van der Waals surface area contributed by atoms with Gasteiger partial charge in [-0.05, 0) is 18.6 Å². The van der Waals surface area contributed by atoms with Crippen molar-refractivity contribution in [1.29, 1.82) is 0 Å². The van der Waals surface area contributed by atoms with E-state index in [1.807, 2.05) is 0 Å². The summed E-state index contributed by atoms with van der Waals surface area (Å²) < 4.78 is 7.00. The van der Waals surface area contributed by atoms with E-state index in [-0.39, 0.29) is 0 Å². The van der Waals surface area contributed by atoms with Crippen LogP contribution in [0.4, 0.5) is 0 Å². The van der Waals surface area contributed by atoms with Gasteiger partial charge in [0.15, 0.2) is 11.5 Å². The highest BCUT2D eigenvalue weighted by molar-refractivity contribution is 5.76. The van der Waals surface area contributed by atoms with E-state index in [0.29, 0.717) is 23.7 Å². The van der Waals surface area contributed by atoms with E-state index in [2.05, 4.69) is 10.1 Å². The van der Waals surface area contributed by atoms with Gasteiger partial charge < -0.3 is 4.74 Å². The SMILES string of the molecule is O=Cc1ccn2nc(C3CCOC3)nc2c1. The highest BCUT2D eigenvalue weighted by atomic mass is 16.5. The topological polar surface area (TPSA) is 56.5 Å². The standard InChI is InChI=1S/C11H11N3O2/c15-6-8-1-3-14-10(5-8)12-11(13-14)9-2-4-16-7-9/h1,3,5-6,9H,2,4,7H2. The highest BCUT2D eigenvalue weighted by Gasteiger charge is 2.22. The van der Waals surface area contributed by atoms with Gasteiger partial charge >= 0.3 is 0 Å². The molecule has 1 aliphatic rings. The molecule has 1 atom stereocenters. The number of fused-ring (bicyclic) bond motifs is 1. The van der Waals surface area contributed by atoms with Gasteiger partial charge in [-0.2, -0.15) is 5.10 Å². The summed E-state index contributed by atoms with van der Waals surface area (Å²) in [5.41, 5.74) is 1.33. The summed E-state index contributed by atoms with van der Waals surface area (Å²) in [7, 11) is 0. The molecule has 2 aromatic heterocycles. The predicted octanol–water partition coefficient (Wildman–Crippen LogP) is 1.05.